The van der Waals surface area contributed by atoms with Gasteiger partial charge in [0.1, 0.15) is 35.9 Å². The van der Waals surface area contributed by atoms with Crippen molar-refractivity contribution in [2.45, 2.75) is 44.6 Å². The number of ether oxygens (including phenoxy) is 1. The number of methoxy groups -OCH3 is 1. The first-order valence-electron chi connectivity index (χ1n) is 24.0. The molecule has 0 bridgehead atoms. The number of hydrogen-bond acceptors (Lipinski definition) is 16. The Bertz CT molecular complexity index is 2720. The molecule has 4 aromatic heterocycles. The molecule has 19 nitrogen and oxygen atoms in total. The molecule has 2 amide bonds. The quantitative estimate of drug-likeness (QED) is 0.0623. The highest BCUT2D eigenvalue weighted by atomic mass is 19.1. The molecule has 0 saturated carbocycles. The van der Waals surface area contributed by atoms with Crippen molar-refractivity contribution < 1.29 is 22.8 Å². The van der Waals surface area contributed by atoms with E-state index in [1.54, 1.807) is 66.8 Å². The second-order valence-corrected chi connectivity index (χ2v) is 16.4. The smallest absolute Gasteiger partial charge is 0.273 e. The molecule has 0 spiro atoms. The number of amides is 2. The highest BCUT2D eigenvalue weighted by molar-refractivity contribution is 5.99. The summed E-state index contributed by atoms with van der Waals surface area (Å²) < 4.78 is 43.7. The second-order valence-electron chi connectivity index (χ2n) is 16.4. The lowest BCUT2D eigenvalue weighted by atomic mass is 10.0. The van der Waals surface area contributed by atoms with E-state index in [9.17, 15) is 14.0 Å². The summed E-state index contributed by atoms with van der Waals surface area (Å²) in [6.45, 7) is 4.17. The number of para-hydroxylation sites is 1. The number of pyridine rings is 1. The van der Waals surface area contributed by atoms with Crippen LogP contribution in [-0.2, 0) is 7.05 Å². The van der Waals surface area contributed by atoms with Gasteiger partial charge in [-0.2, -0.15) is 5.10 Å². The Morgan fingerprint density at radius 2 is 1.70 bits per heavy atom. The summed E-state index contributed by atoms with van der Waals surface area (Å²) in [6.07, 6.45) is 10.7. The summed E-state index contributed by atoms with van der Waals surface area (Å²) in [6, 6.07) is 19.0. The van der Waals surface area contributed by atoms with Gasteiger partial charge < -0.3 is 41.1 Å². The minimum Gasteiger partial charge on any atom is -0.494 e. The maximum absolute atomic E-state index is 13.9. The number of benzene rings is 2. The molecule has 0 aliphatic carbocycles. The zero-order chi connectivity index (χ0) is 49.0. The van der Waals surface area contributed by atoms with Gasteiger partial charge in [0.25, 0.3) is 11.8 Å². The summed E-state index contributed by atoms with van der Waals surface area (Å²) in [5, 5.41) is 27.2. The third-order valence-corrected chi connectivity index (χ3v) is 11.7. The van der Waals surface area contributed by atoms with E-state index >= 15 is 0 Å². The number of rotatable bonds is 19. The van der Waals surface area contributed by atoms with Crippen LogP contribution in [0, 0.1) is 5.82 Å². The molecule has 0 radical (unpaired) electrons. The molecule has 2 fully saturated rings. The molecule has 350 valence electrons. The summed E-state index contributed by atoms with van der Waals surface area (Å²) in [4.78, 5) is 50.9. The van der Waals surface area contributed by atoms with Crippen molar-refractivity contribution in [3.05, 3.63) is 103 Å². The number of hydrogen-bond donors (Lipinski definition) is 5. The number of carbonyl (C=O) groups is 2. The van der Waals surface area contributed by atoms with Gasteiger partial charge >= 0.3 is 0 Å². The van der Waals surface area contributed by atoms with Gasteiger partial charge in [-0.1, -0.05) is 25.0 Å². The lowest BCUT2D eigenvalue weighted by Gasteiger charge is -2.36. The minimum absolute atomic E-state index is 0.119. The van der Waals surface area contributed by atoms with Crippen molar-refractivity contribution >= 4 is 52.1 Å². The van der Waals surface area contributed by atoms with Crippen LogP contribution in [0.4, 0.5) is 44.7 Å². The van der Waals surface area contributed by atoms with E-state index in [0.717, 1.165) is 102 Å². The number of aryl methyl sites for hydroxylation is 1. The first-order valence-corrected chi connectivity index (χ1v) is 22.5. The van der Waals surface area contributed by atoms with Crippen LogP contribution in [0.1, 0.15) is 63.5 Å². The van der Waals surface area contributed by atoms with Crippen LogP contribution in [-0.4, -0.2) is 129 Å². The third kappa shape index (κ3) is 12.1. The zero-order valence-corrected chi connectivity index (χ0v) is 37.6. The molecular weight excluding hydrogens is 856 g/mol. The van der Waals surface area contributed by atoms with Crippen LogP contribution in [0.3, 0.4) is 0 Å². The first-order chi connectivity index (χ1) is 33.9. The molecule has 67 heavy (non-hydrogen) atoms. The fourth-order valence-electron chi connectivity index (χ4n) is 8.28. The molecule has 1 atom stereocenters. The fourth-order valence-corrected chi connectivity index (χ4v) is 8.28. The van der Waals surface area contributed by atoms with Crippen LogP contribution in [0.2, 0.25) is 0 Å². The maximum atomic E-state index is 13.9. The molecular formula is C47H57FN16O3. The van der Waals surface area contributed by atoms with E-state index < -0.39 is 12.9 Å². The van der Waals surface area contributed by atoms with Gasteiger partial charge in [0.15, 0.2) is 23.1 Å². The van der Waals surface area contributed by atoms with Crippen molar-refractivity contribution in [2.24, 2.45) is 7.05 Å². The summed E-state index contributed by atoms with van der Waals surface area (Å²) >= 11 is 0. The highest BCUT2D eigenvalue weighted by Crippen LogP contribution is 2.37. The molecule has 6 heterocycles. The fraction of sp³-hybridized carbons (Fsp3) is 0.383. The number of anilines is 7. The van der Waals surface area contributed by atoms with Crippen molar-refractivity contribution in [3.8, 4) is 17.1 Å². The van der Waals surface area contributed by atoms with E-state index in [0.29, 0.717) is 40.8 Å². The first kappa shape index (κ1) is 42.2. The Morgan fingerprint density at radius 3 is 2.49 bits per heavy atom. The Hall–Kier alpha value is -7.48. The second kappa shape index (κ2) is 22.1. The van der Waals surface area contributed by atoms with Crippen molar-refractivity contribution in [3.63, 3.8) is 0 Å². The van der Waals surface area contributed by atoms with E-state index in [4.69, 9.17) is 8.85 Å². The Balaban J connectivity index is 0.755. The maximum Gasteiger partial charge on any atom is 0.273 e. The largest absolute Gasteiger partial charge is 0.494 e. The van der Waals surface area contributed by atoms with Crippen LogP contribution in [0.15, 0.2) is 85.6 Å². The van der Waals surface area contributed by atoms with Crippen LogP contribution in [0.25, 0.3) is 11.4 Å². The number of halogens is 1. The predicted molar refractivity (Wildman–Crippen MR) is 256 cm³/mol. The number of piperazine rings is 1. The Kier molecular flexibility index (Phi) is 13.9. The monoisotopic (exact) mass is 915 g/mol. The zero-order valence-electron chi connectivity index (χ0n) is 40.6. The number of aromatic nitrogens is 8. The summed E-state index contributed by atoms with van der Waals surface area (Å²) in [7, 11) is 3.22. The van der Waals surface area contributed by atoms with E-state index in [2.05, 4.69) is 71.2 Å². The topological polar surface area (TPSA) is 208 Å². The molecule has 2 saturated heterocycles. The lowest BCUT2D eigenvalue weighted by molar-refractivity contribution is 0.0946. The minimum atomic E-state index is -2.77. The number of nitrogens with one attached hydrogen (secondary N) is 5. The van der Waals surface area contributed by atoms with Crippen molar-refractivity contribution in [1.82, 2.24) is 55.4 Å². The summed E-state index contributed by atoms with van der Waals surface area (Å²) in [5.41, 5.74) is 2.13. The average molecular weight is 916 g/mol. The predicted octanol–water partition coefficient (Wildman–Crippen LogP) is 5.64. The van der Waals surface area contributed by atoms with E-state index in [1.807, 2.05) is 17.4 Å². The number of unbranched alkanes of at least 4 members (excludes halogenated alkanes) is 3. The number of piperidine rings is 1. The van der Waals surface area contributed by atoms with E-state index in [1.165, 1.54) is 25.4 Å². The Morgan fingerprint density at radius 1 is 0.836 bits per heavy atom. The van der Waals surface area contributed by atoms with Gasteiger partial charge in [0.2, 0.25) is 0 Å². The lowest BCUT2D eigenvalue weighted by Crippen LogP contribution is -2.47. The average Bonchev–Trinajstić information content (AvgIpc) is 3.79. The van der Waals surface area contributed by atoms with Gasteiger partial charge in [0.05, 0.1) is 29.6 Å². The number of nitrogens with zero attached hydrogens (tertiary/aromatic N) is 11. The van der Waals surface area contributed by atoms with Gasteiger partial charge in [0, 0.05) is 94.0 Å². The van der Waals surface area contributed by atoms with Gasteiger partial charge in [-0.05, 0) is 74.7 Å². The normalized spacial score (nSPS) is 16.0. The van der Waals surface area contributed by atoms with Crippen molar-refractivity contribution in [2.75, 3.05) is 92.2 Å². The van der Waals surface area contributed by atoms with Crippen LogP contribution < -0.4 is 41.1 Å². The molecule has 20 heteroatoms. The Labute approximate surface area is 393 Å². The van der Waals surface area contributed by atoms with Crippen LogP contribution >= 0.6 is 0 Å². The molecule has 2 aliphatic heterocycles. The number of carbonyl (C=O) groups excluding carboxylic acids is 2. The molecule has 0 unspecified atom stereocenters. The molecule has 2 aliphatic rings. The standard InChI is InChI=1S/C47H57FN16O3/c1-49-47(66)43-38(56-37-15-9-14-36(44(37)67-3)45-54-31-61(2)60-45)26-41(58-59-43)57-39-17-16-32(28-51-39)46(65)50-18-6-4-5-7-19-62-21-23-63(24-22-62)42-27-40(52-30-53-42)55-34-12-10-20-64(29-34)35-13-8-11-33(48)25-35/h8-9,11,13-17,25-28,30-31,34H,4-7,10,12,18-24,29H2,1-3H3,(H,49,66)(H,50,65)(H,52,53,55)(H2,51,56,57,58)/t34-/m1/s1/i1D3. The van der Waals surface area contributed by atoms with Gasteiger partial charge in [-0.25, -0.2) is 24.3 Å². The van der Waals surface area contributed by atoms with Crippen LogP contribution in [0.5, 0.6) is 5.75 Å². The molecule has 6 aromatic rings. The molecule has 2 aromatic carbocycles. The highest BCUT2D eigenvalue weighted by Gasteiger charge is 2.23. The molecule has 5 N–H and O–H groups in total. The van der Waals surface area contributed by atoms with Gasteiger partial charge in [-0.15, -0.1) is 10.2 Å². The SMILES string of the molecule is [2H]C([2H])([2H])NC(=O)c1nnc(Nc2ccc(C(=O)NCCCCCCN3CCN(c4cc(N[C@@H]5CCCN(c6cccc(F)c6)C5)ncn4)CC3)cn2)cc1Nc1cccc(-c2ncn(C)n2)c1OC. The van der Waals surface area contributed by atoms with E-state index in [-0.39, 0.29) is 35.0 Å². The van der Waals surface area contributed by atoms with Gasteiger partial charge in [-0.3, -0.25) is 19.2 Å². The molecule has 8 rings (SSSR count). The van der Waals surface area contributed by atoms with Crippen molar-refractivity contribution in [1.29, 1.82) is 0 Å². The summed E-state index contributed by atoms with van der Waals surface area (Å²) in [5.74, 6) is 1.61. The third-order valence-electron chi connectivity index (χ3n) is 11.7.